The monoisotopic (exact) mass is 342 g/mol. The Bertz CT molecular complexity index is 708. The molecule has 2 aromatic carbocycles. The van der Waals surface area contributed by atoms with Crippen molar-refractivity contribution in [2.24, 2.45) is 5.92 Å². The molecule has 2 heteroatoms. The summed E-state index contributed by atoms with van der Waals surface area (Å²) in [6, 6.07) is 11.9. The normalized spacial score (nSPS) is 20.9. The quantitative estimate of drug-likeness (QED) is 0.562. The average Bonchev–Trinajstić information content (AvgIpc) is 2.60. The van der Waals surface area contributed by atoms with Gasteiger partial charge in [0.1, 0.15) is 0 Å². The Balaban J connectivity index is 1.72. The minimum Gasteiger partial charge on any atom is -0.203 e. The lowest BCUT2D eigenvalue weighted by Gasteiger charge is -2.26. The van der Waals surface area contributed by atoms with Crippen molar-refractivity contribution in [3.63, 3.8) is 0 Å². The van der Waals surface area contributed by atoms with E-state index in [0.29, 0.717) is 23.5 Å². The molecule has 2 aromatic rings. The molecule has 0 heterocycles. The summed E-state index contributed by atoms with van der Waals surface area (Å²) in [5, 5.41) is 0. The standard InChI is InChI=1S/C23H28F2/c1-15(2)21-13-12-20(22(24)23(21)25)14-17-6-10-19(11-7-17)18-8-4-16(3)5-9-18/h6-7,10-13,15-16,18H,4-5,8-9,14H2,1-3H3. The van der Waals surface area contributed by atoms with Gasteiger partial charge in [0.25, 0.3) is 0 Å². The zero-order valence-electron chi connectivity index (χ0n) is 15.5. The second-order valence-corrected chi connectivity index (χ2v) is 7.97. The lowest BCUT2D eigenvalue weighted by molar-refractivity contribution is 0.348. The summed E-state index contributed by atoms with van der Waals surface area (Å²) in [7, 11) is 0. The van der Waals surface area contributed by atoms with Crippen molar-refractivity contribution in [2.75, 3.05) is 0 Å². The molecule has 1 aliphatic rings. The molecule has 0 aliphatic heterocycles. The lowest BCUT2D eigenvalue weighted by Crippen LogP contribution is -2.10. The van der Waals surface area contributed by atoms with Crippen LogP contribution < -0.4 is 0 Å². The first-order valence-corrected chi connectivity index (χ1v) is 9.51. The summed E-state index contributed by atoms with van der Waals surface area (Å²) in [4.78, 5) is 0. The van der Waals surface area contributed by atoms with Crippen LogP contribution >= 0.6 is 0 Å². The van der Waals surface area contributed by atoms with Crippen LogP contribution in [0.4, 0.5) is 8.78 Å². The molecule has 134 valence electrons. The molecule has 1 saturated carbocycles. The summed E-state index contributed by atoms with van der Waals surface area (Å²) in [5.41, 5.74) is 3.30. The molecular formula is C23H28F2. The average molecular weight is 342 g/mol. The number of benzene rings is 2. The van der Waals surface area contributed by atoms with Crippen molar-refractivity contribution in [1.29, 1.82) is 0 Å². The SMILES string of the molecule is CC1CCC(c2ccc(Cc3ccc(C(C)C)c(F)c3F)cc2)CC1. The predicted octanol–water partition coefficient (Wildman–Crippen LogP) is 6.97. The van der Waals surface area contributed by atoms with Crippen LogP contribution in [0, 0.1) is 17.6 Å². The van der Waals surface area contributed by atoms with Crippen LogP contribution in [0.5, 0.6) is 0 Å². The van der Waals surface area contributed by atoms with E-state index in [4.69, 9.17) is 0 Å². The molecule has 0 nitrogen and oxygen atoms in total. The van der Waals surface area contributed by atoms with Crippen molar-refractivity contribution < 1.29 is 8.78 Å². The smallest absolute Gasteiger partial charge is 0.162 e. The zero-order chi connectivity index (χ0) is 18.0. The van der Waals surface area contributed by atoms with E-state index >= 15 is 0 Å². The maximum atomic E-state index is 14.3. The molecule has 1 aliphatic carbocycles. The van der Waals surface area contributed by atoms with Gasteiger partial charge in [-0.15, -0.1) is 0 Å². The van der Waals surface area contributed by atoms with Crippen LogP contribution in [0.3, 0.4) is 0 Å². The van der Waals surface area contributed by atoms with Gasteiger partial charge in [-0.25, -0.2) is 8.78 Å². The van der Waals surface area contributed by atoms with E-state index in [2.05, 4.69) is 31.2 Å². The van der Waals surface area contributed by atoms with Gasteiger partial charge in [-0.05, 0) is 52.8 Å². The fraction of sp³-hybridized carbons (Fsp3) is 0.478. The van der Waals surface area contributed by atoms with Gasteiger partial charge in [-0.2, -0.15) is 0 Å². The van der Waals surface area contributed by atoms with Crippen molar-refractivity contribution in [3.05, 3.63) is 70.3 Å². The van der Waals surface area contributed by atoms with Crippen LogP contribution in [0.15, 0.2) is 36.4 Å². The Morgan fingerprint density at radius 2 is 1.52 bits per heavy atom. The molecule has 0 atom stereocenters. The molecule has 0 aromatic heterocycles. The number of hydrogen-bond donors (Lipinski definition) is 0. The molecule has 3 rings (SSSR count). The minimum atomic E-state index is -0.698. The van der Waals surface area contributed by atoms with Gasteiger partial charge in [0.2, 0.25) is 0 Å². The highest BCUT2D eigenvalue weighted by molar-refractivity contribution is 5.34. The first kappa shape index (κ1) is 18.1. The summed E-state index contributed by atoms with van der Waals surface area (Å²) >= 11 is 0. The Hall–Kier alpha value is -1.70. The molecule has 0 unspecified atom stereocenters. The molecule has 25 heavy (non-hydrogen) atoms. The molecule has 0 spiro atoms. The molecule has 0 N–H and O–H groups in total. The van der Waals surface area contributed by atoms with Crippen LogP contribution in [0.2, 0.25) is 0 Å². The van der Waals surface area contributed by atoms with Gasteiger partial charge >= 0.3 is 0 Å². The summed E-state index contributed by atoms with van der Waals surface area (Å²) in [5.74, 6) is 0.102. The zero-order valence-corrected chi connectivity index (χ0v) is 15.5. The van der Waals surface area contributed by atoms with E-state index < -0.39 is 11.6 Å². The molecule has 0 saturated heterocycles. The molecule has 0 radical (unpaired) electrons. The number of rotatable bonds is 4. The largest absolute Gasteiger partial charge is 0.203 e. The van der Waals surface area contributed by atoms with Crippen LogP contribution in [0.25, 0.3) is 0 Å². The summed E-state index contributed by atoms with van der Waals surface area (Å²) < 4.78 is 28.5. The van der Waals surface area contributed by atoms with Gasteiger partial charge in [-0.1, -0.05) is 70.0 Å². The third-order valence-electron chi connectivity index (χ3n) is 5.68. The Morgan fingerprint density at radius 1 is 0.880 bits per heavy atom. The van der Waals surface area contributed by atoms with Crippen LogP contribution in [-0.2, 0) is 6.42 Å². The van der Waals surface area contributed by atoms with Gasteiger partial charge in [0.05, 0.1) is 0 Å². The highest BCUT2D eigenvalue weighted by atomic mass is 19.2. The van der Waals surface area contributed by atoms with Crippen molar-refractivity contribution in [1.82, 2.24) is 0 Å². The minimum absolute atomic E-state index is 0.0129. The van der Waals surface area contributed by atoms with Crippen LogP contribution in [-0.4, -0.2) is 0 Å². The van der Waals surface area contributed by atoms with Crippen molar-refractivity contribution >= 4 is 0 Å². The molecule has 0 bridgehead atoms. The van der Waals surface area contributed by atoms with Gasteiger partial charge in [0, 0.05) is 6.42 Å². The summed E-state index contributed by atoms with van der Waals surface area (Å²) in [6.07, 6.45) is 5.56. The second-order valence-electron chi connectivity index (χ2n) is 7.97. The fourth-order valence-electron chi connectivity index (χ4n) is 3.91. The maximum absolute atomic E-state index is 14.3. The van der Waals surface area contributed by atoms with E-state index in [-0.39, 0.29) is 5.92 Å². The van der Waals surface area contributed by atoms with Gasteiger partial charge in [0.15, 0.2) is 11.6 Å². The third-order valence-corrected chi connectivity index (χ3v) is 5.68. The first-order chi connectivity index (χ1) is 12.0. The Kier molecular flexibility index (Phi) is 5.56. The molecular weight excluding hydrogens is 314 g/mol. The predicted molar refractivity (Wildman–Crippen MR) is 100 cm³/mol. The first-order valence-electron chi connectivity index (χ1n) is 9.51. The second kappa shape index (κ2) is 7.68. The Labute approximate surface area is 150 Å². The Morgan fingerprint density at radius 3 is 2.12 bits per heavy atom. The van der Waals surface area contributed by atoms with Crippen molar-refractivity contribution in [2.45, 2.75) is 64.7 Å². The number of halogens is 2. The van der Waals surface area contributed by atoms with E-state index in [1.54, 1.807) is 12.1 Å². The van der Waals surface area contributed by atoms with E-state index in [0.717, 1.165) is 11.5 Å². The highest BCUT2D eigenvalue weighted by Crippen LogP contribution is 2.35. The van der Waals surface area contributed by atoms with Crippen LogP contribution in [0.1, 0.15) is 80.5 Å². The number of hydrogen-bond acceptors (Lipinski definition) is 0. The van der Waals surface area contributed by atoms with E-state index in [1.165, 1.54) is 31.2 Å². The van der Waals surface area contributed by atoms with Gasteiger partial charge in [-0.3, -0.25) is 0 Å². The van der Waals surface area contributed by atoms with E-state index in [9.17, 15) is 8.78 Å². The fourth-order valence-corrected chi connectivity index (χ4v) is 3.91. The van der Waals surface area contributed by atoms with E-state index in [1.807, 2.05) is 13.8 Å². The molecule has 1 fully saturated rings. The van der Waals surface area contributed by atoms with Gasteiger partial charge < -0.3 is 0 Å². The lowest BCUT2D eigenvalue weighted by atomic mass is 9.79. The van der Waals surface area contributed by atoms with Crippen molar-refractivity contribution in [3.8, 4) is 0 Å². The third kappa shape index (κ3) is 4.11. The topological polar surface area (TPSA) is 0 Å². The summed E-state index contributed by atoms with van der Waals surface area (Å²) in [6.45, 7) is 6.09. The molecule has 0 amide bonds. The maximum Gasteiger partial charge on any atom is 0.162 e. The highest BCUT2D eigenvalue weighted by Gasteiger charge is 2.20.